The van der Waals surface area contributed by atoms with Crippen LogP contribution < -0.4 is 15.5 Å². The molecule has 1 aromatic carbocycles. The zero-order valence-electron chi connectivity index (χ0n) is 17.5. The molecule has 0 unspecified atom stereocenters. The summed E-state index contributed by atoms with van der Waals surface area (Å²) in [5.41, 5.74) is 2.43. The molecule has 1 aromatic heterocycles. The number of halogens is 1. The highest BCUT2D eigenvalue weighted by atomic mass is 127. The van der Waals surface area contributed by atoms with Gasteiger partial charge in [-0.25, -0.2) is 9.97 Å². The van der Waals surface area contributed by atoms with Crippen LogP contribution in [0.5, 0.6) is 0 Å². The fourth-order valence-corrected chi connectivity index (χ4v) is 3.28. The molecule has 0 aliphatic carbocycles. The molecule has 0 saturated carbocycles. The molecule has 2 heterocycles. The number of hydrogen-bond acceptors (Lipinski definition) is 5. The van der Waals surface area contributed by atoms with Crippen molar-refractivity contribution >= 4 is 41.8 Å². The molecular weight excluding hydrogens is 493 g/mol. The van der Waals surface area contributed by atoms with Crippen molar-refractivity contribution in [1.29, 1.82) is 0 Å². The van der Waals surface area contributed by atoms with Crippen molar-refractivity contribution < 1.29 is 4.79 Å². The van der Waals surface area contributed by atoms with Crippen molar-refractivity contribution in [3.05, 3.63) is 53.9 Å². The lowest BCUT2D eigenvalue weighted by atomic mass is 10.1. The summed E-state index contributed by atoms with van der Waals surface area (Å²) in [5, 5.41) is 6.50. The number of piperazine rings is 1. The minimum Gasteiger partial charge on any atom is -0.356 e. The van der Waals surface area contributed by atoms with E-state index in [1.165, 1.54) is 11.1 Å². The first-order chi connectivity index (χ1) is 14.2. The molecule has 1 saturated heterocycles. The summed E-state index contributed by atoms with van der Waals surface area (Å²) in [4.78, 5) is 29.3. The number of carbonyl (C=O) groups excluding carboxylic acids is 1. The zero-order valence-corrected chi connectivity index (χ0v) is 19.9. The van der Waals surface area contributed by atoms with Gasteiger partial charge >= 0.3 is 0 Å². The number of benzene rings is 1. The molecule has 2 N–H and O–H groups in total. The lowest BCUT2D eigenvalue weighted by Crippen LogP contribution is -2.50. The van der Waals surface area contributed by atoms with Gasteiger partial charge in [0.2, 0.25) is 11.9 Å². The maximum Gasteiger partial charge on any atom is 0.225 e. The van der Waals surface area contributed by atoms with Gasteiger partial charge in [0.25, 0.3) is 0 Å². The van der Waals surface area contributed by atoms with Crippen molar-refractivity contribution in [2.75, 3.05) is 44.7 Å². The largest absolute Gasteiger partial charge is 0.356 e. The van der Waals surface area contributed by atoms with E-state index in [4.69, 9.17) is 0 Å². The molecule has 0 spiro atoms. The maximum atomic E-state index is 12.5. The molecule has 162 valence electrons. The second-order valence-electron chi connectivity index (χ2n) is 7.01. The number of aryl methyl sites for hydroxylation is 1. The van der Waals surface area contributed by atoms with Crippen LogP contribution in [-0.2, 0) is 11.3 Å². The second kappa shape index (κ2) is 12.3. The van der Waals surface area contributed by atoms with Crippen LogP contribution in [-0.4, -0.2) is 66.5 Å². The average molecular weight is 523 g/mol. The molecule has 0 radical (unpaired) electrons. The van der Waals surface area contributed by atoms with E-state index in [2.05, 4.69) is 55.6 Å². The Morgan fingerprint density at radius 3 is 2.50 bits per heavy atom. The minimum absolute atomic E-state index is 0. The molecule has 1 amide bonds. The van der Waals surface area contributed by atoms with Crippen LogP contribution in [0.15, 0.2) is 47.7 Å². The third-order valence-electron chi connectivity index (χ3n) is 4.86. The number of aliphatic imine (C=N–C) groups is 1. The molecule has 1 aliphatic rings. The van der Waals surface area contributed by atoms with E-state index in [1.54, 1.807) is 25.5 Å². The molecule has 9 heteroatoms. The van der Waals surface area contributed by atoms with Crippen LogP contribution in [0.2, 0.25) is 0 Å². The van der Waals surface area contributed by atoms with Crippen LogP contribution in [0.3, 0.4) is 0 Å². The van der Waals surface area contributed by atoms with Gasteiger partial charge < -0.3 is 20.4 Å². The van der Waals surface area contributed by atoms with E-state index in [0.29, 0.717) is 38.6 Å². The van der Waals surface area contributed by atoms with Gasteiger partial charge in [0.1, 0.15) is 0 Å². The summed E-state index contributed by atoms with van der Waals surface area (Å²) in [5.74, 6) is 1.58. The van der Waals surface area contributed by atoms with Gasteiger partial charge in [-0.1, -0.05) is 29.8 Å². The molecule has 0 bridgehead atoms. The van der Waals surface area contributed by atoms with Gasteiger partial charge in [0.05, 0.1) is 0 Å². The van der Waals surface area contributed by atoms with Crippen molar-refractivity contribution in [3.8, 4) is 0 Å². The van der Waals surface area contributed by atoms with Gasteiger partial charge in [-0.3, -0.25) is 9.79 Å². The fourth-order valence-electron chi connectivity index (χ4n) is 3.28. The van der Waals surface area contributed by atoms with Gasteiger partial charge in [0.15, 0.2) is 5.96 Å². The Kier molecular flexibility index (Phi) is 9.78. The van der Waals surface area contributed by atoms with Gasteiger partial charge in [0, 0.05) is 65.1 Å². The van der Waals surface area contributed by atoms with Crippen LogP contribution in [0, 0.1) is 6.92 Å². The third kappa shape index (κ3) is 7.12. The molecule has 30 heavy (non-hydrogen) atoms. The molecule has 3 rings (SSSR count). The molecule has 1 fully saturated rings. The number of nitrogens with one attached hydrogen (secondary N) is 2. The summed E-state index contributed by atoms with van der Waals surface area (Å²) in [6, 6.07) is 10.2. The highest BCUT2D eigenvalue weighted by Crippen LogP contribution is 2.10. The average Bonchev–Trinajstić information content (AvgIpc) is 2.76. The Labute approximate surface area is 195 Å². The SMILES string of the molecule is CN=C(NCCC(=O)N1CCN(c2ncccn2)CC1)NCc1cccc(C)c1.I. The van der Waals surface area contributed by atoms with Gasteiger partial charge in [-0.05, 0) is 18.6 Å². The van der Waals surface area contributed by atoms with Crippen LogP contribution in [0.1, 0.15) is 17.5 Å². The molecule has 8 nitrogen and oxygen atoms in total. The third-order valence-corrected chi connectivity index (χ3v) is 4.86. The minimum atomic E-state index is 0. The van der Waals surface area contributed by atoms with E-state index < -0.39 is 0 Å². The van der Waals surface area contributed by atoms with Crippen molar-refractivity contribution in [3.63, 3.8) is 0 Å². The van der Waals surface area contributed by atoms with E-state index in [9.17, 15) is 4.79 Å². The number of carbonyl (C=O) groups is 1. The Bertz CT molecular complexity index is 823. The number of amides is 1. The Balaban J connectivity index is 0.00000320. The lowest BCUT2D eigenvalue weighted by Gasteiger charge is -2.34. The Morgan fingerprint density at radius 2 is 1.83 bits per heavy atom. The first-order valence-corrected chi connectivity index (χ1v) is 9.95. The molecular formula is C21H30IN7O. The lowest BCUT2D eigenvalue weighted by molar-refractivity contribution is -0.131. The molecule has 1 aliphatic heterocycles. The van der Waals surface area contributed by atoms with Gasteiger partial charge in [-0.15, -0.1) is 24.0 Å². The summed E-state index contributed by atoms with van der Waals surface area (Å²) < 4.78 is 0. The highest BCUT2D eigenvalue weighted by Gasteiger charge is 2.22. The Hall–Kier alpha value is -2.43. The number of anilines is 1. The van der Waals surface area contributed by atoms with Crippen molar-refractivity contribution in [1.82, 2.24) is 25.5 Å². The topological polar surface area (TPSA) is 85.8 Å². The number of rotatable bonds is 6. The van der Waals surface area contributed by atoms with E-state index >= 15 is 0 Å². The zero-order chi connectivity index (χ0) is 20.5. The Morgan fingerprint density at radius 1 is 1.10 bits per heavy atom. The quantitative estimate of drug-likeness (QED) is 0.342. The molecule has 2 aromatic rings. The van der Waals surface area contributed by atoms with E-state index in [1.807, 2.05) is 11.0 Å². The first-order valence-electron chi connectivity index (χ1n) is 9.95. The molecule has 0 atom stereocenters. The van der Waals surface area contributed by atoms with Crippen LogP contribution in [0.4, 0.5) is 5.95 Å². The summed E-state index contributed by atoms with van der Waals surface area (Å²) in [7, 11) is 1.73. The van der Waals surface area contributed by atoms with Crippen LogP contribution >= 0.6 is 24.0 Å². The summed E-state index contributed by atoms with van der Waals surface area (Å²) >= 11 is 0. The monoisotopic (exact) mass is 523 g/mol. The summed E-state index contributed by atoms with van der Waals surface area (Å²) in [6.07, 6.45) is 3.92. The number of nitrogens with zero attached hydrogens (tertiary/aromatic N) is 5. The number of hydrogen-bond donors (Lipinski definition) is 2. The predicted octanol–water partition coefficient (Wildman–Crippen LogP) is 1.81. The smallest absolute Gasteiger partial charge is 0.225 e. The maximum absolute atomic E-state index is 12.5. The normalized spacial score (nSPS) is 14.1. The summed E-state index contributed by atoms with van der Waals surface area (Å²) in [6.45, 7) is 6.21. The number of aromatic nitrogens is 2. The van der Waals surface area contributed by atoms with E-state index in [-0.39, 0.29) is 29.9 Å². The van der Waals surface area contributed by atoms with Crippen molar-refractivity contribution in [2.24, 2.45) is 4.99 Å². The van der Waals surface area contributed by atoms with Crippen LogP contribution in [0.25, 0.3) is 0 Å². The number of guanidine groups is 1. The standard InChI is InChI=1S/C21H29N7O.HI/c1-17-5-3-6-18(15-17)16-26-20(22-2)23-10-7-19(29)27-11-13-28(14-12-27)21-24-8-4-9-25-21;/h3-6,8-9,15H,7,10-14,16H2,1-2H3,(H2,22,23,26);1H. The second-order valence-corrected chi connectivity index (χ2v) is 7.01. The predicted molar refractivity (Wildman–Crippen MR) is 130 cm³/mol. The first kappa shape index (κ1) is 23.8. The van der Waals surface area contributed by atoms with Gasteiger partial charge in [-0.2, -0.15) is 0 Å². The highest BCUT2D eigenvalue weighted by molar-refractivity contribution is 14.0. The fraction of sp³-hybridized carbons (Fsp3) is 0.429. The van der Waals surface area contributed by atoms with E-state index in [0.717, 1.165) is 19.0 Å². The van der Waals surface area contributed by atoms with Crippen molar-refractivity contribution in [2.45, 2.75) is 19.9 Å².